The maximum absolute atomic E-state index is 4.91. The van der Waals surface area contributed by atoms with E-state index in [1.54, 1.807) is 0 Å². The molecule has 1 aromatic heterocycles. The molecule has 1 heterocycles. The third-order valence-electron chi connectivity index (χ3n) is 3.95. The fourth-order valence-electron chi connectivity index (χ4n) is 2.62. The largest absolute Gasteiger partial charge is 0.353 e. The lowest BCUT2D eigenvalue weighted by molar-refractivity contribution is 0.674. The van der Waals surface area contributed by atoms with Crippen LogP contribution in [0.3, 0.4) is 0 Å². The number of benzene rings is 1. The van der Waals surface area contributed by atoms with E-state index >= 15 is 0 Å². The molecule has 1 aliphatic rings. The van der Waals surface area contributed by atoms with Crippen molar-refractivity contribution in [1.29, 1.82) is 0 Å². The lowest BCUT2D eigenvalue weighted by atomic mass is 10.1. The Kier molecular flexibility index (Phi) is 4.20. The van der Waals surface area contributed by atoms with Crippen molar-refractivity contribution >= 4 is 16.6 Å². The summed E-state index contributed by atoms with van der Waals surface area (Å²) >= 11 is 0. The molecule has 0 bridgehead atoms. The summed E-state index contributed by atoms with van der Waals surface area (Å²) in [6.45, 7) is 8.64. The third kappa shape index (κ3) is 3.24. The smallest absolute Gasteiger partial charge is 0.137 e. The second kappa shape index (κ2) is 6.27. The Hall–Kier alpha value is -1.87. The number of pyridine rings is 1. The summed E-state index contributed by atoms with van der Waals surface area (Å²) in [6.07, 6.45) is 4.55. The highest BCUT2D eigenvalue weighted by Gasteiger charge is 2.20. The average molecular weight is 281 g/mol. The van der Waals surface area contributed by atoms with Crippen molar-refractivity contribution in [1.82, 2.24) is 10.3 Å². The number of nitrogens with one attached hydrogen (secondary N) is 1. The van der Waals surface area contributed by atoms with Crippen molar-refractivity contribution in [2.75, 3.05) is 18.0 Å². The Balaban J connectivity index is 1.98. The van der Waals surface area contributed by atoms with Crippen LogP contribution in [0.1, 0.15) is 25.5 Å². The zero-order valence-corrected chi connectivity index (χ0v) is 12.7. The van der Waals surface area contributed by atoms with Crippen LogP contribution in [-0.2, 0) is 6.54 Å². The number of anilines is 1. The van der Waals surface area contributed by atoms with E-state index < -0.39 is 0 Å². The normalized spacial score (nSPS) is 14.3. The second-order valence-corrected chi connectivity index (χ2v) is 5.64. The summed E-state index contributed by atoms with van der Waals surface area (Å²) in [5.74, 6) is 1.07. The van der Waals surface area contributed by atoms with E-state index in [1.165, 1.54) is 23.6 Å². The summed E-state index contributed by atoms with van der Waals surface area (Å²) in [5.41, 5.74) is 1.12. The molecule has 0 spiro atoms. The molecule has 1 aromatic carbocycles. The first kappa shape index (κ1) is 14.1. The monoisotopic (exact) mass is 281 g/mol. The van der Waals surface area contributed by atoms with E-state index in [2.05, 4.69) is 54.1 Å². The van der Waals surface area contributed by atoms with Crippen LogP contribution in [0.2, 0.25) is 0 Å². The number of nitrogens with zero attached hydrogens (tertiary/aromatic N) is 2. The van der Waals surface area contributed by atoms with Gasteiger partial charge in [0.1, 0.15) is 5.82 Å². The minimum atomic E-state index is 0.706. The van der Waals surface area contributed by atoms with Crippen LogP contribution in [0, 0.1) is 0 Å². The SMILES string of the molecule is C=CCN(CC)c1nc(CNC2CC2)cc2ccccc12. The molecule has 1 saturated carbocycles. The van der Waals surface area contributed by atoms with Crippen molar-refractivity contribution in [2.45, 2.75) is 32.4 Å². The molecule has 0 atom stereocenters. The van der Waals surface area contributed by atoms with Gasteiger partial charge in [0.25, 0.3) is 0 Å². The molecule has 3 rings (SSSR count). The van der Waals surface area contributed by atoms with Gasteiger partial charge in [0.15, 0.2) is 0 Å². The van der Waals surface area contributed by atoms with Gasteiger partial charge in [-0.25, -0.2) is 4.98 Å². The number of aromatic nitrogens is 1. The number of fused-ring (bicyclic) bond motifs is 1. The second-order valence-electron chi connectivity index (χ2n) is 5.64. The van der Waals surface area contributed by atoms with Gasteiger partial charge >= 0.3 is 0 Å². The Labute approximate surface area is 126 Å². The summed E-state index contributed by atoms with van der Waals surface area (Å²) in [4.78, 5) is 7.18. The molecule has 1 N–H and O–H groups in total. The molecule has 0 aliphatic heterocycles. The summed E-state index contributed by atoms with van der Waals surface area (Å²) < 4.78 is 0. The lowest BCUT2D eigenvalue weighted by Crippen LogP contribution is -2.25. The van der Waals surface area contributed by atoms with Crippen LogP contribution in [0.25, 0.3) is 10.8 Å². The maximum Gasteiger partial charge on any atom is 0.137 e. The van der Waals surface area contributed by atoms with Crippen molar-refractivity contribution in [3.05, 3.63) is 48.7 Å². The van der Waals surface area contributed by atoms with E-state index in [0.29, 0.717) is 6.04 Å². The van der Waals surface area contributed by atoms with Gasteiger partial charge in [0.05, 0.1) is 5.69 Å². The molecule has 1 aliphatic carbocycles. The topological polar surface area (TPSA) is 28.2 Å². The Bertz CT molecular complexity index is 631. The van der Waals surface area contributed by atoms with Gasteiger partial charge in [-0.1, -0.05) is 30.3 Å². The number of likely N-dealkylation sites (N-methyl/N-ethyl adjacent to an activating group) is 1. The first-order valence-corrected chi connectivity index (χ1v) is 7.79. The quantitative estimate of drug-likeness (QED) is 0.787. The maximum atomic E-state index is 4.91. The summed E-state index contributed by atoms with van der Waals surface area (Å²) in [5, 5.41) is 6.03. The van der Waals surface area contributed by atoms with E-state index in [-0.39, 0.29) is 0 Å². The number of rotatable bonds is 7. The predicted octanol–water partition coefficient (Wildman–Crippen LogP) is 3.50. The van der Waals surface area contributed by atoms with Gasteiger partial charge in [-0.2, -0.15) is 0 Å². The van der Waals surface area contributed by atoms with Gasteiger partial charge in [0.2, 0.25) is 0 Å². The fourth-order valence-corrected chi connectivity index (χ4v) is 2.62. The minimum absolute atomic E-state index is 0.706. The Morgan fingerprint density at radius 3 is 2.90 bits per heavy atom. The van der Waals surface area contributed by atoms with Crippen LogP contribution in [0.5, 0.6) is 0 Å². The molecular weight excluding hydrogens is 258 g/mol. The van der Waals surface area contributed by atoms with Gasteiger partial charge in [0, 0.05) is 31.1 Å². The predicted molar refractivity (Wildman–Crippen MR) is 89.7 cm³/mol. The average Bonchev–Trinajstić information content (AvgIpc) is 3.34. The van der Waals surface area contributed by atoms with E-state index in [9.17, 15) is 0 Å². The van der Waals surface area contributed by atoms with E-state index in [1.807, 2.05) is 6.08 Å². The first-order chi connectivity index (χ1) is 10.3. The molecule has 2 aromatic rings. The van der Waals surface area contributed by atoms with Crippen LogP contribution in [-0.4, -0.2) is 24.1 Å². The molecule has 0 saturated heterocycles. The zero-order chi connectivity index (χ0) is 14.7. The molecule has 3 heteroatoms. The van der Waals surface area contributed by atoms with E-state index in [4.69, 9.17) is 4.98 Å². The Morgan fingerprint density at radius 1 is 1.38 bits per heavy atom. The van der Waals surface area contributed by atoms with Crippen molar-refractivity contribution in [2.24, 2.45) is 0 Å². The van der Waals surface area contributed by atoms with Crippen LogP contribution >= 0.6 is 0 Å². The van der Waals surface area contributed by atoms with Crippen molar-refractivity contribution in [3.8, 4) is 0 Å². The molecule has 0 amide bonds. The highest BCUT2D eigenvalue weighted by atomic mass is 15.2. The first-order valence-electron chi connectivity index (χ1n) is 7.79. The molecule has 3 nitrogen and oxygen atoms in total. The lowest BCUT2D eigenvalue weighted by Gasteiger charge is -2.23. The van der Waals surface area contributed by atoms with Crippen LogP contribution in [0.4, 0.5) is 5.82 Å². The van der Waals surface area contributed by atoms with Crippen molar-refractivity contribution < 1.29 is 0 Å². The third-order valence-corrected chi connectivity index (χ3v) is 3.95. The van der Waals surface area contributed by atoms with Gasteiger partial charge in [-0.3, -0.25) is 0 Å². The van der Waals surface area contributed by atoms with Crippen molar-refractivity contribution in [3.63, 3.8) is 0 Å². The zero-order valence-electron chi connectivity index (χ0n) is 12.7. The molecule has 110 valence electrons. The van der Waals surface area contributed by atoms with Crippen LogP contribution in [0.15, 0.2) is 43.0 Å². The van der Waals surface area contributed by atoms with Gasteiger partial charge in [-0.05, 0) is 31.2 Å². The Morgan fingerprint density at radius 2 is 2.19 bits per heavy atom. The molecular formula is C18H23N3. The molecule has 21 heavy (non-hydrogen) atoms. The summed E-state index contributed by atoms with van der Waals surface area (Å²) in [6, 6.07) is 11.4. The summed E-state index contributed by atoms with van der Waals surface area (Å²) in [7, 11) is 0. The molecule has 1 fully saturated rings. The fraction of sp³-hybridized carbons (Fsp3) is 0.389. The van der Waals surface area contributed by atoms with Gasteiger partial charge in [-0.15, -0.1) is 6.58 Å². The number of hydrogen-bond acceptors (Lipinski definition) is 3. The van der Waals surface area contributed by atoms with Crippen LogP contribution < -0.4 is 10.2 Å². The molecule has 0 unspecified atom stereocenters. The van der Waals surface area contributed by atoms with Gasteiger partial charge < -0.3 is 10.2 Å². The highest BCUT2D eigenvalue weighted by molar-refractivity contribution is 5.92. The molecule has 0 radical (unpaired) electrons. The highest BCUT2D eigenvalue weighted by Crippen LogP contribution is 2.26. The standard InChI is InChI=1S/C18H23N3/c1-3-11-21(4-2)18-17-8-6-5-7-14(17)12-16(20-18)13-19-15-9-10-15/h3,5-8,12,15,19H,1,4,9-11,13H2,2H3. The van der Waals surface area contributed by atoms with E-state index in [0.717, 1.165) is 31.1 Å². The minimum Gasteiger partial charge on any atom is -0.353 e. The number of hydrogen-bond donors (Lipinski definition) is 1.